The summed E-state index contributed by atoms with van der Waals surface area (Å²) in [6, 6.07) is 3.53. The first-order chi connectivity index (χ1) is 6.54. The molecule has 0 aliphatic carbocycles. The van der Waals surface area contributed by atoms with E-state index in [0.717, 1.165) is 5.56 Å². The molecular formula is C10H14N2O2. The topological polar surface area (TPSA) is 53.4 Å². The summed E-state index contributed by atoms with van der Waals surface area (Å²) in [4.78, 5) is 16.3. The summed E-state index contributed by atoms with van der Waals surface area (Å²) in [6.07, 6.45) is 0.627. The number of nitrogens with zero attached hydrogens (tertiary/aromatic N) is 2. The van der Waals surface area contributed by atoms with Gasteiger partial charge in [0.2, 0.25) is 0 Å². The predicted octanol–water partition coefficient (Wildman–Crippen LogP) is 2.28. The van der Waals surface area contributed by atoms with E-state index in [0.29, 0.717) is 5.82 Å². The summed E-state index contributed by atoms with van der Waals surface area (Å²) in [7, 11) is 0. The number of hydrogen-bond donors (Lipinski definition) is 1. The molecule has 0 bridgehead atoms. The molecule has 0 saturated heterocycles. The molecule has 4 heteroatoms. The number of anilines is 1. The maximum atomic E-state index is 11.0. The molecule has 4 nitrogen and oxygen atoms in total. The summed E-state index contributed by atoms with van der Waals surface area (Å²) in [5.41, 5.74) is 0.864. The highest BCUT2D eigenvalue weighted by atomic mass is 16.4. The second kappa shape index (κ2) is 4.09. The standard InChI is InChI=1S/C10H14N2O2/c1-7(2)12(10(13)14)9-8(3)5-4-6-11-9/h4-7H,1-3H3,(H,13,14). The van der Waals surface area contributed by atoms with Gasteiger partial charge in [-0.15, -0.1) is 0 Å². The normalized spacial score (nSPS) is 10.3. The molecule has 0 spiro atoms. The van der Waals surface area contributed by atoms with Crippen molar-refractivity contribution >= 4 is 11.9 Å². The van der Waals surface area contributed by atoms with E-state index < -0.39 is 6.09 Å². The molecule has 14 heavy (non-hydrogen) atoms. The van der Waals surface area contributed by atoms with Crippen LogP contribution in [0.25, 0.3) is 0 Å². The molecule has 0 aliphatic rings. The zero-order chi connectivity index (χ0) is 10.7. The van der Waals surface area contributed by atoms with Crippen LogP contribution in [-0.4, -0.2) is 22.2 Å². The third-order valence-electron chi connectivity index (χ3n) is 1.93. The smallest absolute Gasteiger partial charge is 0.413 e. The van der Waals surface area contributed by atoms with Crippen molar-refractivity contribution in [3.63, 3.8) is 0 Å². The first kappa shape index (κ1) is 10.5. The second-order valence-electron chi connectivity index (χ2n) is 3.39. The van der Waals surface area contributed by atoms with Gasteiger partial charge in [0.15, 0.2) is 0 Å². The van der Waals surface area contributed by atoms with Crippen LogP contribution in [0.2, 0.25) is 0 Å². The predicted molar refractivity (Wildman–Crippen MR) is 54.6 cm³/mol. The maximum Gasteiger partial charge on any atom is 0.413 e. The van der Waals surface area contributed by atoms with Crippen molar-refractivity contribution in [2.75, 3.05) is 4.90 Å². The molecule has 1 aromatic heterocycles. The molecule has 0 radical (unpaired) electrons. The Bertz CT molecular complexity index is 337. The van der Waals surface area contributed by atoms with E-state index in [4.69, 9.17) is 5.11 Å². The average Bonchev–Trinajstić information content (AvgIpc) is 2.07. The molecule has 1 heterocycles. The second-order valence-corrected chi connectivity index (χ2v) is 3.39. The van der Waals surface area contributed by atoms with Gasteiger partial charge in [-0.05, 0) is 32.4 Å². The number of aryl methyl sites for hydroxylation is 1. The molecule has 0 unspecified atom stereocenters. The zero-order valence-electron chi connectivity index (χ0n) is 8.56. The van der Waals surface area contributed by atoms with E-state index >= 15 is 0 Å². The Balaban J connectivity index is 3.12. The van der Waals surface area contributed by atoms with Gasteiger partial charge < -0.3 is 5.11 Å². The van der Waals surface area contributed by atoms with Gasteiger partial charge in [-0.2, -0.15) is 0 Å². The van der Waals surface area contributed by atoms with Gasteiger partial charge in [0.1, 0.15) is 5.82 Å². The fourth-order valence-corrected chi connectivity index (χ4v) is 1.29. The summed E-state index contributed by atoms with van der Waals surface area (Å²) in [6.45, 7) is 5.49. The monoisotopic (exact) mass is 194 g/mol. The summed E-state index contributed by atoms with van der Waals surface area (Å²) < 4.78 is 0. The molecule has 0 saturated carbocycles. The molecule has 0 atom stereocenters. The van der Waals surface area contributed by atoms with Gasteiger partial charge in [0.25, 0.3) is 0 Å². The number of amides is 1. The largest absolute Gasteiger partial charge is 0.465 e. The Hall–Kier alpha value is -1.58. The number of aromatic nitrogens is 1. The van der Waals surface area contributed by atoms with Gasteiger partial charge in [-0.25, -0.2) is 9.78 Å². The van der Waals surface area contributed by atoms with Crippen LogP contribution in [-0.2, 0) is 0 Å². The summed E-state index contributed by atoms with van der Waals surface area (Å²) in [5, 5.41) is 9.01. The molecule has 0 aromatic carbocycles. The average molecular weight is 194 g/mol. The quantitative estimate of drug-likeness (QED) is 0.785. The highest BCUT2D eigenvalue weighted by Crippen LogP contribution is 2.18. The van der Waals surface area contributed by atoms with Gasteiger partial charge in [0.05, 0.1) is 0 Å². The first-order valence-corrected chi connectivity index (χ1v) is 4.47. The number of carbonyl (C=O) groups is 1. The van der Waals surface area contributed by atoms with Crippen molar-refractivity contribution in [2.24, 2.45) is 0 Å². The Morgan fingerprint density at radius 3 is 2.64 bits per heavy atom. The fourth-order valence-electron chi connectivity index (χ4n) is 1.29. The maximum absolute atomic E-state index is 11.0. The number of carboxylic acid groups (broad SMARTS) is 1. The molecule has 1 amide bonds. The van der Waals surface area contributed by atoms with Crippen LogP contribution >= 0.6 is 0 Å². The minimum Gasteiger partial charge on any atom is -0.465 e. The zero-order valence-corrected chi connectivity index (χ0v) is 8.56. The van der Waals surface area contributed by atoms with E-state index in [-0.39, 0.29) is 6.04 Å². The van der Waals surface area contributed by atoms with Crippen LogP contribution in [0.15, 0.2) is 18.3 Å². The Labute approximate surface area is 83.2 Å². The lowest BCUT2D eigenvalue weighted by Gasteiger charge is -2.23. The SMILES string of the molecule is Cc1cccnc1N(C(=O)O)C(C)C. The highest BCUT2D eigenvalue weighted by Gasteiger charge is 2.20. The third kappa shape index (κ3) is 2.02. The van der Waals surface area contributed by atoms with E-state index in [9.17, 15) is 4.79 Å². The number of pyridine rings is 1. The minimum absolute atomic E-state index is 0.110. The lowest BCUT2D eigenvalue weighted by molar-refractivity contribution is 0.199. The van der Waals surface area contributed by atoms with Crippen LogP contribution < -0.4 is 4.90 Å². The van der Waals surface area contributed by atoms with Gasteiger partial charge in [0, 0.05) is 12.2 Å². The van der Waals surface area contributed by atoms with E-state index in [1.165, 1.54) is 4.90 Å². The lowest BCUT2D eigenvalue weighted by atomic mass is 10.2. The Morgan fingerprint density at radius 1 is 1.57 bits per heavy atom. The molecule has 1 rings (SSSR count). The highest BCUT2D eigenvalue weighted by molar-refractivity contribution is 5.86. The van der Waals surface area contributed by atoms with Crippen molar-refractivity contribution in [2.45, 2.75) is 26.8 Å². The number of hydrogen-bond acceptors (Lipinski definition) is 2. The van der Waals surface area contributed by atoms with Crippen molar-refractivity contribution < 1.29 is 9.90 Å². The number of rotatable bonds is 2. The van der Waals surface area contributed by atoms with Crippen LogP contribution in [0, 0.1) is 6.92 Å². The van der Waals surface area contributed by atoms with Crippen molar-refractivity contribution in [3.05, 3.63) is 23.9 Å². The van der Waals surface area contributed by atoms with Gasteiger partial charge in [-0.1, -0.05) is 6.07 Å². The molecule has 1 aromatic rings. The van der Waals surface area contributed by atoms with Crippen molar-refractivity contribution in [3.8, 4) is 0 Å². The van der Waals surface area contributed by atoms with Crippen LogP contribution in [0.4, 0.5) is 10.6 Å². The van der Waals surface area contributed by atoms with Crippen LogP contribution in [0.1, 0.15) is 19.4 Å². The minimum atomic E-state index is -0.971. The van der Waals surface area contributed by atoms with Gasteiger partial charge >= 0.3 is 6.09 Å². The van der Waals surface area contributed by atoms with Crippen LogP contribution in [0.3, 0.4) is 0 Å². The Morgan fingerprint density at radius 2 is 2.21 bits per heavy atom. The molecule has 0 aliphatic heterocycles. The Kier molecular flexibility index (Phi) is 3.06. The van der Waals surface area contributed by atoms with E-state index in [1.54, 1.807) is 12.3 Å². The first-order valence-electron chi connectivity index (χ1n) is 4.47. The molecular weight excluding hydrogens is 180 g/mol. The molecule has 1 N–H and O–H groups in total. The summed E-state index contributed by atoms with van der Waals surface area (Å²) in [5.74, 6) is 0.509. The fraction of sp³-hybridized carbons (Fsp3) is 0.400. The van der Waals surface area contributed by atoms with Crippen molar-refractivity contribution in [1.82, 2.24) is 4.98 Å². The van der Waals surface area contributed by atoms with Crippen molar-refractivity contribution in [1.29, 1.82) is 0 Å². The lowest BCUT2D eigenvalue weighted by Crippen LogP contribution is -2.36. The van der Waals surface area contributed by atoms with E-state index in [2.05, 4.69) is 4.98 Å². The van der Waals surface area contributed by atoms with Crippen LogP contribution in [0.5, 0.6) is 0 Å². The van der Waals surface area contributed by atoms with E-state index in [1.807, 2.05) is 26.8 Å². The third-order valence-corrected chi connectivity index (χ3v) is 1.93. The van der Waals surface area contributed by atoms with Gasteiger partial charge in [-0.3, -0.25) is 4.90 Å². The molecule has 0 fully saturated rings. The molecule has 76 valence electrons. The summed E-state index contributed by atoms with van der Waals surface area (Å²) >= 11 is 0.